The molecular formula is C15H17F6N5O. The second-order valence-corrected chi connectivity index (χ2v) is 5.92. The van der Waals surface area contributed by atoms with Crippen LogP contribution in [0.4, 0.5) is 26.3 Å². The van der Waals surface area contributed by atoms with E-state index in [2.05, 4.69) is 15.5 Å². The van der Waals surface area contributed by atoms with Gasteiger partial charge in [0.1, 0.15) is 12.2 Å². The van der Waals surface area contributed by atoms with Crippen LogP contribution in [0.3, 0.4) is 0 Å². The summed E-state index contributed by atoms with van der Waals surface area (Å²) in [7, 11) is 0. The number of hydrogen-bond acceptors (Lipinski definition) is 3. The van der Waals surface area contributed by atoms with E-state index in [1.54, 1.807) is 0 Å². The van der Waals surface area contributed by atoms with Crippen LogP contribution in [0.15, 0.2) is 12.1 Å². The second-order valence-electron chi connectivity index (χ2n) is 5.92. The van der Waals surface area contributed by atoms with Crippen molar-refractivity contribution < 1.29 is 31.1 Å². The fourth-order valence-electron chi connectivity index (χ4n) is 2.42. The van der Waals surface area contributed by atoms with Gasteiger partial charge in [-0.1, -0.05) is 0 Å². The third-order valence-electron chi connectivity index (χ3n) is 3.63. The lowest BCUT2D eigenvalue weighted by molar-refractivity contribution is -0.145. The number of aryl methyl sites for hydroxylation is 3. The molecular weight excluding hydrogens is 380 g/mol. The van der Waals surface area contributed by atoms with Crippen LogP contribution in [0.25, 0.3) is 0 Å². The summed E-state index contributed by atoms with van der Waals surface area (Å²) in [4.78, 5) is 11.8. The highest BCUT2D eigenvalue weighted by atomic mass is 19.4. The molecule has 0 atom stereocenters. The first-order valence-electron chi connectivity index (χ1n) is 7.88. The first-order chi connectivity index (χ1) is 12.4. The van der Waals surface area contributed by atoms with Gasteiger partial charge in [0.05, 0.1) is 5.69 Å². The number of amides is 1. The van der Waals surface area contributed by atoms with E-state index in [1.165, 1.54) is 13.8 Å². The molecule has 0 spiro atoms. The van der Waals surface area contributed by atoms with Crippen LogP contribution in [0, 0.1) is 13.8 Å². The zero-order valence-electron chi connectivity index (χ0n) is 14.4. The molecule has 1 N–H and O–H groups in total. The molecule has 0 aliphatic heterocycles. The van der Waals surface area contributed by atoms with Gasteiger partial charge < -0.3 is 5.32 Å². The maximum absolute atomic E-state index is 12.8. The summed E-state index contributed by atoms with van der Waals surface area (Å²) in [6.45, 7) is 2.43. The molecule has 2 aromatic rings. The Morgan fingerprint density at radius 3 is 2.26 bits per heavy atom. The zero-order chi connectivity index (χ0) is 20.4. The Bertz CT molecular complexity index is 805. The lowest BCUT2D eigenvalue weighted by Crippen LogP contribution is -2.31. The minimum Gasteiger partial charge on any atom is -0.354 e. The largest absolute Gasteiger partial charge is 0.435 e. The Morgan fingerprint density at radius 1 is 1.04 bits per heavy atom. The van der Waals surface area contributed by atoms with Gasteiger partial charge in [-0.3, -0.25) is 14.2 Å². The van der Waals surface area contributed by atoms with Crippen LogP contribution >= 0.6 is 0 Å². The molecule has 150 valence electrons. The number of nitrogens with one attached hydrogen (secondary N) is 1. The van der Waals surface area contributed by atoms with Crippen molar-refractivity contribution in [2.75, 3.05) is 6.54 Å². The zero-order valence-corrected chi connectivity index (χ0v) is 14.4. The van der Waals surface area contributed by atoms with Gasteiger partial charge in [-0.15, -0.1) is 0 Å². The molecule has 1 amide bonds. The minimum atomic E-state index is -4.63. The van der Waals surface area contributed by atoms with Crippen molar-refractivity contribution in [2.45, 2.75) is 45.7 Å². The molecule has 2 heterocycles. The van der Waals surface area contributed by atoms with E-state index >= 15 is 0 Å². The van der Waals surface area contributed by atoms with Gasteiger partial charge in [0.25, 0.3) is 0 Å². The Balaban J connectivity index is 1.85. The fraction of sp³-hybridized carbons (Fsp3) is 0.533. The summed E-state index contributed by atoms with van der Waals surface area (Å²) >= 11 is 0. The van der Waals surface area contributed by atoms with E-state index in [9.17, 15) is 31.1 Å². The number of halogens is 6. The maximum Gasteiger partial charge on any atom is 0.435 e. The standard InChI is InChI=1S/C15H17F6N5O/c1-9-6-12(15(19,20)21)26(23-9)8-13(27)22-4-3-5-25-10(2)7-11(24-25)14(16,17)18/h6-7H,3-5,8H2,1-2H3,(H,22,27). The van der Waals surface area contributed by atoms with Crippen molar-refractivity contribution in [3.8, 4) is 0 Å². The molecule has 27 heavy (non-hydrogen) atoms. The summed E-state index contributed by atoms with van der Waals surface area (Å²) in [6.07, 6.45) is -8.91. The summed E-state index contributed by atoms with van der Waals surface area (Å²) in [6, 6.07) is 1.75. The van der Waals surface area contributed by atoms with Gasteiger partial charge >= 0.3 is 12.4 Å². The average Bonchev–Trinajstić information content (AvgIpc) is 3.06. The Kier molecular flexibility index (Phi) is 5.85. The third kappa shape index (κ3) is 5.47. The average molecular weight is 397 g/mol. The molecule has 6 nitrogen and oxygen atoms in total. The van der Waals surface area contributed by atoms with E-state index in [1.807, 2.05) is 0 Å². The molecule has 0 saturated carbocycles. The van der Waals surface area contributed by atoms with Gasteiger partial charge in [0.2, 0.25) is 5.91 Å². The number of alkyl halides is 6. The number of carbonyl (C=O) groups excluding carboxylic acids is 1. The molecule has 0 fully saturated rings. The van der Waals surface area contributed by atoms with E-state index in [-0.39, 0.29) is 25.2 Å². The molecule has 2 rings (SSSR count). The van der Waals surface area contributed by atoms with Gasteiger partial charge in [-0.2, -0.15) is 36.5 Å². The highest BCUT2D eigenvalue weighted by Gasteiger charge is 2.36. The van der Waals surface area contributed by atoms with Crippen LogP contribution in [0.1, 0.15) is 29.2 Å². The highest BCUT2D eigenvalue weighted by molar-refractivity contribution is 5.75. The van der Waals surface area contributed by atoms with Crippen molar-refractivity contribution >= 4 is 5.91 Å². The van der Waals surface area contributed by atoms with Gasteiger partial charge in [-0.05, 0) is 32.4 Å². The Labute approximate surface area is 150 Å². The molecule has 2 aromatic heterocycles. The molecule has 0 saturated heterocycles. The van der Waals surface area contributed by atoms with Gasteiger partial charge in [0, 0.05) is 18.8 Å². The van der Waals surface area contributed by atoms with Crippen molar-refractivity contribution in [1.82, 2.24) is 24.9 Å². The van der Waals surface area contributed by atoms with Gasteiger partial charge in [-0.25, -0.2) is 0 Å². The first-order valence-corrected chi connectivity index (χ1v) is 7.88. The number of hydrogen-bond donors (Lipinski definition) is 1. The number of carbonyl (C=O) groups is 1. The van der Waals surface area contributed by atoms with E-state index in [0.29, 0.717) is 10.4 Å². The highest BCUT2D eigenvalue weighted by Crippen LogP contribution is 2.30. The Hall–Kier alpha value is -2.53. The molecule has 0 aromatic carbocycles. The summed E-state index contributed by atoms with van der Waals surface area (Å²) < 4.78 is 78.0. The quantitative estimate of drug-likeness (QED) is 0.602. The fourth-order valence-corrected chi connectivity index (χ4v) is 2.42. The molecule has 0 bridgehead atoms. The molecule has 0 aliphatic carbocycles. The van der Waals surface area contributed by atoms with Crippen molar-refractivity contribution in [1.29, 1.82) is 0 Å². The third-order valence-corrected chi connectivity index (χ3v) is 3.63. The van der Waals surface area contributed by atoms with Crippen LogP contribution in [0.5, 0.6) is 0 Å². The van der Waals surface area contributed by atoms with E-state index < -0.39 is 36.2 Å². The van der Waals surface area contributed by atoms with Crippen LogP contribution in [0.2, 0.25) is 0 Å². The maximum atomic E-state index is 12.8. The monoisotopic (exact) mass is 397 g/mol. The van der Waals surface area contributed by atoms with E-state index in [0.717, 1.165) is 16.8 Å². The van der Waals surface area contributed by atoms with Crippen LogP contribution in [-0.2, 0) is 30.2 Å². The van der Waals surface area contributed by atoms with E-state index in [4.69, 9.17) is 0 Å². The molecule has 0 unspecified atom stereocenters. The smallest absolute Gasteiger partial charge is 0.354 e. The molecule has 0 radical (unpaired) electrons. The van der Waals surface area contributed by atoms with Gasteiger partial charge in [0.15, 0.2) is 5.69 Å². The summed E-state index contributed by atoms with van der Waals surface area (Å²) in [5.41, 5.74) is -1.58. The lowest BCUT2D eigenvalue weighted by atomic mass is 10.3. The number of nitrogens with zero attached hydrogens (tertiary/aromatic N) is 4. The summed E-state index contributed by atoms with van der Waals surface area (Å²) in [5, 5.41) is 9.51. The van der Waals surface area contributed by atoms with Crippen molar-refractivity contribution in [3.63, 3.8) is 0 Å². The predicted molar refractivity (Wildman–Crippen MR) is 81.6 cm³/mol. The minimum absolute atomic E-state index is 0.0705. The SMILES string of the molecule is Cc1cc(C(F)(F)F)n(CC(=O)NCCCn2nc(C(F)(F)F)cc2C)n1. The van der Waals surface area contributed by atoms with Crippen LogP contribution in [-0.4, -0.2) is 32.0 Å². The van der Waals surface area contributed by atoms with Crippen LogP contribution < -0.4 is 5.32 Å². The summed E-state index contributed by atoms with van der Waals surface area (Å²) in [5.74, 6) is -0.684. The lowest BCUT2D eigenvalue weighted by Gasteiger charge is -2.11. The topological polar surface area (TPSA) is 64.7 Å². The second kappa shape index (κ2) is 7.61. The predicted octanol–water partition coefficient (Wildman–Crippen LogP) is 2.94. The molecule has 12 heteroatoms. The Morgan fingerprint density at radius 2 is 1.70 bits per heavy atom. The first kappa shape index (κ1) is 20.8. The normalized spacial score (nSPS) is 12.4. The number of aromatic nitrogens is 4. The van der Waals surface area contributed by atoms with Crippen molar-refractivity contribution in [2.24, 2.45) is 0 Å². The molecule has 0 aliphatic rings. The number of rotatable bonds is 6. The van der Waals surface area contributed by atoms with Crippen molar-refractivity contribution in [3.05, 3.63) is 34.9 Å².